The summed E-state index contributed by atoms with van der Waals surface area (Å²) in [5.74, 6) is 0.0251. The molecule has 0 aromatic heterocycles. The van der Waals surface area contributed by atoms with Gasteiger partial charge in [0.1, 0.15) is 17.4 Å². The third-order valence-corrected chi connectivity index (χ3v) is 3.90. The number of nitriles is 1. The smallest absolute Gasteiger partial charge is 0.273 e. The highest BCUT2D eigenvalue weighted by molar-refractivity contribution is 6.09. The lowest BCUT2D eigenvalue weighted by Crippen LogP contribution is -2.13. The van der Waals surface area contributed by atoms with E-state index in [0.29, 0.717) is 22.6 Å². The Balaban J connectivity index is 2.29. The fraction of sp³-hybridized carbons (Fsp3) is 0.200. The van der Waals surface area contributed by atoms with Gasteiger partial charge in [-0.3, -0.25) is 14.9 Å². The number of nitrogens with one attached hydrogen (secondary N) is 1. The number of nitrogens with zero attached hydrogens (tertiary/aromatic N) is 2. The number of carbonyl (C=O) groups excluding carboxylic acids is 1. The summed E-state index contributed by atoms with van der Waals surface area (Å²) in [6.07, 6.45) is 1.33. The van der Waals surface area contributed by atoms with Crippen LogP contribution in [0.2, 0.25) is 0 Å². The lowest BCUT2D eigenvalue weighted by Gasteiger charge is -2.08. The fourth-order valence-corrected chi connectivity index (χ4v) is 2.48. The van der Waals surface area contributed by atoms with E-state index in [9.17, 15) is 20.2 Å². The van der Waals surface area contributed by atoms with Crippen LogP contribution in [0.5, 0.6) is 5.75 Å². The van der Waals surface area contributed by atoms with E-state index in [1.807, 2.05) is 19.9 Å². The monoisotopic (exact) mass is 365 g/mol. The quantitative estimate of drug-likeness (QED) is 0.356. The average molecular weight is 365 g/mol. The summed E-state index contributed by atoms with van der Waals surface area (Å²) in [5.41, 5.74) is 1.32. The summed E-state index contributed by atoms with van der Waals surface area (Å²) < 4.78 is 5.05. The summed E-state index contributed by atoms with van der Waals surface area (Å²) in [6, 6.07) is 13.2. The number of carbonyl (C=O) groups is 1. The normalized spacial score (nSPS) is 11.0. The number of rotatable bonds is 6. The zero-order valence-corrected chi connectivity index (χ0v) is 15.2. The Bertz CT molecular complexity index is 925. The van der Waals surface area contributed by atoms with E-state index < -0.39 is 10.8 Å². The molecule has 0 radical (unpaired) electrons. The number of ether oxygens (including phenoxy) is 1. The number of anilines is 1. The van der Waals surface area contributed by atoms with E-state index in [0.717, 1.165) is 0 Å². The summed E-state index contributed by atoms with van der Waals surface area (Å²) in [4.78, 5) is 23.2. The Labute approximate surface area is 157 Å². The molecule has 0 aliphatic heterocycles. The van der Waals surface area contributed by atoms with Crippen molar-refractivity contribution in [2.24, 2.45) is 0 Å². The van der Waals surface area contributed by atoms with Crippen molar-refractivity contribution in [3.8, 4) is 11.8 Å². The predicted molar refractivity (Wildman–Crippen MR) is 102 cm³/mol. The molecular weight excluding hydrogens is 346 g/mol. The molecule has 1 amide bonds. The third-order valence-electron chi connectivity index (χ3n) is 3.90. The van der Waals surface area contributed by atoms with Crippen molar-refractivity contribution >= 4 is 23.4 Å². The molecule has 7 heteroatoms. The van der Waals surface area contributed by atoms with Crippen LogP contribution < -0.4 is 10.1 Å². The highest BCUT2D eigenvalue weighted by Gasteiger charge is 2.17. The van der Waals surface area contributed by atoms with Crippen LogP contribution in [0.3, 0.4) is 0 Å². The molecule has 0 spiro atoms. The number of hydrogen-bond donors (Lipinski definition) is 1. The van der Waals surface area contributed by atoms with E-state index in [4.69, 9.17) is 4.74 Å². The first-order chi connectivity index (χ1) is 12.8. The second-order valence-electron chi connectivity index (χ2n) is 6.08. The lowest BCUT2D eigenvalue weighted by atomic mass is 9.98. The first-order valence-electron chi connectivity index (χ1n) is 8.21. The topological polar surface area (TPSA) is 105 Å². The van der Waals surface area contributed by atoms with Gasteiger partial charge in [0.15, 0.2) is 0 Å². The average Bonchev–Trinajstić information content (AvgIpc) is 2.66. The van der Waals surface area contributed by atoms with Gasteiger partial charge in [-0.15, -0.1) is 0 Å². The Morgan fingerprint density at radius 2 is 1.93 bits per heavy atom. The van der Waals surface area contributed by atoms with Crippen molar-refractivity contribution in [3.63, 3.8) is 0 Å². The molecule has 0 bridgehead atoms. The second kappa shape index (κ2) is 8.63. The molecule has 0 saturated carbocycles. The summed E-state index contributed by atoms with van der Waals surface area (Å²) in [6.45, 7) is 3.72. The van der Waals surface area contributed by atoms with Crippen molar-refractivity contribution < 1.29 is 14.5 Å². The van der Waals surface area contributed by atoms with Crippen LogP contribution in [0.1, 0.15) is 30.9 Å². The van der Waals surface area contributed by atoms with Gasteiger partial charge in [-0.1, -0.05) is 26.0 Å². The molecule has 0 aliphatic carbocycles. The highest BCUT2D eigenvalue weighted by atomic mass is 16.6. The number of amides is 1. The number of nitro benzene ring substituents is 1. The molecule has 0 aliphatic rings. The predicted octanol–water partition coefficient (Wildman–Crippen LogP) is 4.27. The van der Waals surface area contributed by atoms with E-state index in [2.05, 4.69) is 5.32 Å². The number of hydrogen-bond acceptors (Lipinski definition) is 5. The summed E-state index contributed by atoms with van der Waals surface area (Å²) in [7, 11) is 1.54. The molecular formula is C20H19N3O4. The first-order valence-corrected chi connectivity index (χ1v) is 8.21. The van der Waals surface area contributed by atoms with E-state index >= 15 is 0 Å². The molecule has 0 fully saturated rings. The molecule has 27 heavy (non-hydrogen) atoms. The SMILES string of the molecule is COc1ccc(NC(=O)C(C#N)=Cc2ccc(C(C)C)c([N+](=O)[O-])c2)cc1. The molecule has 2 rings (SSSR count). The van der Waals surface area contributed by atoms with E-state index in [1.54, 1.807) is 36.4 Å². The van der Waals surface area contributed by atoms with Crippen LogP contribution in [0.4, 0.5) is 11.4 Å². The van der Waals surface area contributed by atoms with Gasteiger partial charge in [-0.2, -0.15) is 5.26 Å². The van der Waals surface area contributed by atoms with Crippen molar-refractivity contribution in [1.82, 2.24) is 0 Å². The minimum atomic E-state index is -0.599. The second-order valence-corrected chi connectivity index (χ2v) is 6.08. The molecule has 2 aromatic rings. The van der Waals surface area contributed by atoms with Gasteiger partial charge < -0.3 is 10.1 Å². The maximum absolute atomic E-state index is 12.3. The van der Waals surface area contributed by atoms with Crippen molar-refractivity contribution in [2.45, 2.75) is 19.8 Å². The molecule has 7 nitrogen and oxygen atoms in total. The van der Waals surface area contributed by atoms with Crippen molar-refractivity contribution in [2.75, 3.05) is 12.4 Å². The molecule has 0 saturated heterocycles. The minimum absolute atomic E-state index is 0.0164. The van der Waals surface area contributed by atoms with Crippen molar-refractivity contribution in [1.29, 1.82) is 5.26 Å². The van der Waals surface area contributed by atoms with Gasteiger partial charge >= 0.3 is 0 Å². The maximum Gasteiger partial charge on any atom is 0.273 e. The first kappa shape index (κ1) is 19.7. The zero-order chi connectivity index (χ0) is 20.0. The van der Waals surface area contributed by atoms with Crippen molar-refractivity contribution in [3.05, 3.63) is 69.3 Å². The van der Waals surface area contributed by atoms with Gasteiger partial charge in [-0.25, -0.2) is 0 Å². The Morgan fingerprint density at radius 1 is 1.26 bits per heavy atom. The lowest BCUT2D eigenvalue weighted by molar-refractivity contribution is -0.385. The van der Waals surface area contributed by atoms with Gasteiger partial charge in [0.05, 0.1) is 12.0 Å². The van der Waals surface area contributed by atoms with Gasteiger partial charge in [0, 0.05) is 17.3 Å². The molecule has 0 unspecified atom stereocenters. The van der Waals surface area contributed by atoms with Crippen LogP contribution in [0.15, 0.2) is 48.0 Å². The number of benzene rings is 2. The molecule has 138 valence electrons. The van der Waals surface area contributed by atoms with Gasteiger partial charge in [-0.05, 0) is 41.8 Å². The van der Waals surface area contributed by atoms with Crippen LogP contribution in [0, 0.1) is 21.4 Å². The Kier molecular flexibility index (Phi) is 6.28. The Hall–Kier alpha value is -3.66. The number of nitro groups is 1. The summed E-state index contributed by atoms with van der Waals surface area (Å²) >= 11 is 0. The van der Waals surface area contributed by atoms with Crippen LogP contribution >= 0.6 is 0 Å². The fourth-order valence-electron chi connectivity index (χ4n) is 2.48. The zero-order valence-electron chi connectivity index (χ0n) is 15.2. The standard InChI is InChI=1S/C20H19N3O4/c1-13(2)18-9-4-14(11-19(18)23(25)26)10-15(12-21)20(24)22-16-5-7-17(27-3)8-6-16/h4-11,13H,1-3H3,(H,22,24). The number of methoxy groups -OCH3 is 1. The third kappa shape index (κ3) is 4.92. The van der Waals surface area contributed by atoms with Crippen LogP contribution in [-0.4, -0.2) is 17.9 Å². The van der Waals surface area contributed by atoms with E-state index in [1.165, 1.54) is 19.3 Å². The molecule has 0 atom stereocenters. The van der Waals surface area contributed by atoms with E-state index in [-0.39, 0.29) is 17.2 Å². The van der Waals surface area contributed by atoms with Gasteiger partial charge in [0.2, 0.25) is 0 Å². The van der Waals surface area contributed by atoms with Gasteiger partial charge in [0.25, 0.3) is 11.6 Å². The molecule has 0 heterocycles. The largest absolute Gasteiger partial charge is 0.497 e. The van der Waals surface area contributed by atoms with Crippen LogP contribution in [0.25, 0.3) is 6.08 Å². The highest BCUT2D eigenvalue weighted by Crippen LogP contribution is 2.28. The maximum atomic E-state index is 12.3. The Morgan fingerprint density at radius 3 is 2.44 bits per heavy atom. The minimum Gasteiger partial charge on any atom is -0.497 e. The van der Waals surface area contributed by atoms with Crippen LogP contribution in [-0.2, 0) is 4.79 Å². The summed E-state index contributed by atoms with van der Waals surface area (Å²) in [5, 5.41) is 23.2. The molecule has 2 aromatic carbocycles. The molecule has 1 N–H and O–H groups in total.